The Morgan fingerprint density at radius 2 is 1.87 bits per heavy atom. The van der Waals surface area contributed by atoms with Gasteiger partial charge in [-0.15, -0.1) is 0 Å². The highest BCUT2D eigenvalue weighted by Crippen LogP contribution is 2.31. The van der Waals surface area contributed by atoms with Crippen molar-refractivity contribution in [2.24, 2.45) is 0 Å². The molecule has 0 aliphatic heterocycles. The number of halogens is 2. The lowest BCUT2D eigenvalue weighted by Gasteiger charge is -2.30. The number of rotatable bonds is 10. The Labute approximate surface area is 227 Å². The second-order valence-corrected chi connectivity index (χ2v) is 10.5. The van der Waals surface area contributed by atoms with Crippen LogP contribution in [0, 0.1) is 11.6 Å². The molecule has 0 saturated carbocycles. The quantitative estimate of drug-likeness (QED) is 0.224. The van der Waals surface area contributed by atoms with Gasteiger partial charge in [0.15, 0.2) is 0 Å². The second-order valence-electron chi connectivity index (χ2n) is 10.5. The van der Waals surface area contributed by atoms with Gasteiger partial charge in [0.2, 0.25) is 5.91 Å². The molecule has 0 saturated heterocycles. The van der Waals surface area contributed by atoms with Crippen molar-refractivity contribution in [1.29, 1.82) is 0 Å². The van der Waals surface area contributed by atoms with Crippen LogP contribution in [0.15, 0.2) is 66.9 Å². The molecule has 0 fully saturated rings. The highest BCUT2D eigenvalue weighted by atomic mass is 19.1. The van der Waals surface area contributed by atoms with E-state index in [1.165, 1.54) is 28.8 Å². The van der Waals surface area contributed by atoms with E-state index in [1.807, 2.05) is 30.5 Å². The number of aromatic nitrogens is 1. The number of aliphatic hydroxyl groups is 1. The van der Waals surface area contributed by atoms with E-state index in [1.54, 1.807) is 0 Å². The molecule has 0 bridgehead atoms. The summed E-state index contributed by atoms with van der Waals surface area (Å²) < 4.78 is 27.9. The molecule has 1 aliphatic rings. The standard InChI is InChI=1S/C32H35F2N3O2/c1-2-20-10-11-22-6-5-9-29(27(22)14-20)36-19-31(38)30(15-21-12-24(33)17-25(34)13-21)37-32(39)16-23-18-35-28-8-4-3-7-26(23)28/h3-4,7-8,10-14,17-18,29-31,35-36,38H,2,5-6,9,15-16,19H2,1H3,(H,37,39)/t29-,30-,31-/m1/s1. The summed E-state index contributed by atoms with van der Waals surface area (Å²) in [7, 11) is 0. The third-order valence-corrected chi connectivity index (χ3v) is 7.72. The number of amides is 1. The SMILES string of the molecule is CCc1ccc2c(c1)[C@H](NC[C@@H](O)[C@@H](Cc1cc(F)cc(F)c1)NC(=O)Cc1c[nH]c3ccccc13)CCC2. The lowest BCUT2D eigenvalue weighted by molar-refractivity contribution is -0.122. The van der Waals surface area contributed by atoms with Gasteiger partial charge in [-0.1, -0.05) is 43.3 Å². The van der Waals surface area contributed by atoms with Crippen molar-refractivity contribution >= 4 is 16.8 Å². The van der Waals surface area contributed by atoms with Gasteiger partial charge < -0.3 is 20.7 Å². The van der Waals surface area contributed by atoms with E-state index in [9.17, 15) is 18.7 Å². The summed E-state index contributed by atoms with van der Waals surface area (Å²) in [6.45, 7) is 2.37. The van der Waals surface area contributed by atoms with Crippen LogP contribution >= 0.6 is 0 Å². The van der Waals surface area contributed by atoms with E-state index < -0.39 is 23.8 Å². The van der Waals surface area contributed by atoms with Crippen LogP contribution in [-0.4, -0.2) is 34.7 Å². The van der Waals surface area contributed by atoms with Gasteiger partial charge in [0.05, 0.1) is 18.6 Å². The van der Waals surface area contributed by atoms with Gasteiger partial charge in [0.1, 0.15) is 11.6 Å². The van der Waals surface area contributed by atoms with Gasteiger partial charge in [-0.3, -0.25) is 4.79 Å². The van der Waals surface area contributed by atoms with Crippen molar-refractivity contribution in [3.05, 3.63) is 106 Å². The van der Waals surface area contributed by atoms with Crippen LogP contribution in [0.3, 0.4) is 0 Å². The molecule has 0 unspecified atom stereocenters. The fourth-order valence-electron chi connectivity index (χ4n) is 5.66. The van der Waals surface area contributed by atoms with Crippen molar-refractivity contribution in [1.82, 2.24) is 15.6 Å². The number of nitrogens with one attached hydrogen (secondary N) is 3. The minimum Gasteiger partial charge on any atom is -0.390 e. The molecule has 4 N–H and O–H groups in total. The Morgan fingerprint density at radius 3 is 2.67 bits per heavy atom. The highest BCUT2D eigenvalue weighted by Gasteiger charge is 2.26. The van der Waals surface area contributed by atoms with Crippen molar-refractivity contribution in [3.8, 4) is 0 Å². The predicted octanol–water partition coefficient (Wildman–Crippen LogP) is 5.31. The zero-order valence-electron chi connectivity index (χ0n) is 22.1. The first-order valence-corrected chi connectivity index (χ1v) is 13.7. The molecule has 1 heterocycles. The van der Waals surface area contributed by atoms with Gasteiger partial charge in [-0.05, 0) is 78.1 Å². The Balaban J connectivity index is 1.31. The lowest BCUT2D eigenvalue weighted by Crippen LogP contribution is -2.49. The Morgan fingerprint density at radius 1 is 1.08 bits per heavy atom. The number of aryl methyl sites for hydroxylation is 2. The molecule has 39 heavy (non-hydrogen) atoms. The van der Waals surface area contributed by atoms with E-state index >= 15 is 0 Å². The number of H-pyrrole nitrogens is 1. The highest BCUT2D eigenvalue weighted by molar-refractivity contribution is 5.89. The maximum absolute atomic E-state index is 13.9. The van der Waals surface area contributed by atoms with Crippen LogP contribution in [0.5, 0.6) is 0 Å². The lowest BCUT2D eigenvalue weighted by atomic mass is 9.86. The van der Waals surface area contributed by atoms with Gasteiger partial charge in [-0.25, -0.2) is 8.78 Å². The fourth-order valence-corrected chi connectivity index (χ4v) is 5.66. The largest absolute Gasteiger partial charge is 0.390 e. The molecular formula is C32H35F2N3O2. The molecule has 0 radical (unpaired) electrons. The molecule has 1 aromatic heterocycles. The van der Waals surface area contributed by atoms with Crippen molar-refractivity contribution in [3.63, 3.8) is 0 Å². The smallest absolute Gasteiger partial charge is 0.224 e. The molecule has 7 heteroatoms. The number of hydrogen-bond donors (Lipinski definition) is 4. The van der Waals surface area contributed by atoms with Crippen LogP contribution < -0.4 is 10.6 Å². The maximum atomic E-state index is 13.9. The van der Waals surface area contributed by atoms with E-state index in [0.29, 0.717) is 5.56 Å². The average Bonchev–Trinajstić information content (AvgIpc) is 3.33. The van der Waals surface area contributed by atoms with E-state index in [2.05, 4.69) is 40.7 Å². The fraction of sp³-hybridized carbons (Fsp3) is 0.344. The monoisotopic (exact) mass is 531 g/mol. The van der Waals surface area contributed by atoms with E-state index in [-0.39, 0.29) is 31.3 Å². The molecule has 0 spiro atoms. The maximum Gasteiger partial charge on any atom is 0.224 e. The molecule has 4 aromatic rings. The Kier molecular flexibility index (Phi) is 8.38. The van der Waals surface area contributed by atoms with E-state index in [0.717, 1.165) is 48.2 Å². The topological polar surface area (TPSA) is 77.2 Å². The van der Waals surface area contributed by atoms with Gasteiger partial charge in [0.25, 0.3) is 0 Å². The van der Waals surface area contributed by atoms with Crippen LogP contribution in [0.4, 0.5) is 8.78 Å². The summed E-state index contributed by atoms with van der Waals surface area (Å²) in [6.07, 6.45) is 5.06. The minimum absolute atomic E-state index is 0.0956. The predicted molar refractivity (Wildman–Crippen MR) is 150 cm³/mol. The summed E-state index contributed by atoms with van der Waals surface area (Å²) in [4.78, 5) is 16.3. The number of para-hydroxylation sites is 1. The average molecular weight is 532 g/mol. The van der Waals surface area contributed by atoms with Crippen molar-refractivity contribution < 1.29 is 18.7 Å². The van der Waals surface area contributed by atoms with Crippen LogP contribution in [0.25, 0.3) is 10.9 Å². The summed E-state index contributed by atoms with van der Waals surface area (Å²) in [5.41, 5.74) is 6.02. The number of carbonyl (C=O) groups is 1. The van der Waals surface area contributed by atoms with Gasteiger partial charge in [-0.2, -0.15) is 0 Å². The molecule has 5 rings (SSSR count). The van der Waals surface area contributed by atoms with Crippen molar-refractivity contribution in [2.75, 3.05) is 6.54 Å². The third kappa shape index (κ3) is 6.54. The number of hydrogen-bond acceptors (Lipinski definition) is 3. The first-order valence-electron chi connectivity index (χ1n) is 13.7. The Hall–Kier alpha value is -3.55. The van der Waals surface area contributed by atoms with Gasteiger partial charge in [0, 0.05) is 35.8 Å². The number of carbonyl (C=O) groups excluding carboxylic acids is 1. The summed E-state index contributed by atoms with van der Waals surface area (Å²) >= 11 is 0. The summed E-state index contributed by atoms with van der Waals surface area (Å²) in [6, 6.07) is 17.0. The Bertz CT molecular complexity index is 1430. The zero-order valence-corrected chi connectivity index (χ0v) is 22.1. The number of aromatic amines is 1. The third-order valence-electron chi connectivity index (χ3n) is 7.72. The van der Waals surface area contributed by atoms with Crippen LogP contribution in [-0.2, 0) is 30.5 Å². The molecular weight excluding hydrogens is 496 g/mol. The summed E-state index contributed by atoms with van der Waals surface area (Å²) in [5, 5.41) is 18.7. The normalized spacial score (nSPS) is 16.6. The number of fused-ring (bicyclic) bond motifs is 2. The van der Waals surface area contributed by atoms with Crippen LogP contribution in [0.1, 0.15) is 53.6 Å². The molecule has 1 aliphatic carbocycles. The number of benzene rings is 3. The summed E-state index contributed by atoms with van der Waals surface area (Å²) in [5.74, 6) is -1.64. The molecule has 3 atom stereocenters. The molecule has 204 valence electrons. The van der Waals surface area contributed by atoms with E-state index in [4.69, 9.17) is 0 Å². The van der Waals surface area contributed by atoms with Crippen LogP contribution in [0.2, 0.25) is 0 Å². The molecule has 5 nitrogen and oxygen atoms in total. The van der Waals surface area contributed by atoms with Crippen molar-refractivity contribution in [2.45, 2.75) is 63.6 Å². The first-order chi connectivity index (χ1) is 18.9. The zero-order chi connectivity index (χ0) is 27.4. The minimum atomic E-state index is -0.969. The molecule has 3 aromatic carbocycles. The second kappa shape index (κ2) is 12.1. The molecule has 1 amide bonds. The number of aliphatic hydroxyl groups excluding tert-OH is 1. The van der Waals surface area contributed by atoms with Gasteiger partial charge >= 0.3 is 0 Å². The first kappa shape index (κ1) is 27.0.